The zero-order valence-electron chi connectivity index (χ0n) is 29.5. The van der Waals surface area contributed by atoms with E-state index in [1.165, 1.54) is 76.2 Å². The second-order valence-electron chi connectivity index (χ2n) is 16.1. The van der Waals surface area contributed by atoms with E-state index in [0.29, 0.717) is 29.4 Å². The summed E-state index contributed by atoms with van der Waals surface area (Å²) in [6.45, 7) is 0. The molecule has 1 spiro atoms. The predicted molar refractivity (Wildman–Crippen MR) is 214 cm³/mol. The van der Waals surface area contributed by atoms with Crippen molar-refractivity contribution in [3.8, 4) is 51.0 Å². The van der Waals surface area contributed by atoms with Gasteiger partial charge in [0.1, 0.15) is 0 Å². The van der Waals surface area contributed by atoms with Crippen LogP contribution in [0.15, 0.2) is 146 Å². The Morgan fingerprint density at radius 3 is 1.72 bits per heavy atom. The Bertz CT molecular complexity index is 2700. The van der Waals surface area contributed by atoms with Gasteiger partial charge < -0.3 is 0 Å². The van der Waals surface area contributed by atoms with Crippen LogP contribution in [-0.2, 0) is 5.41 Å². The van der Waals surface area contributed by atoms with E-state index in [1.807, 2.05) is 6.07 Å². The minimum absolute atomic E-state index is 0.0782. The quantitative estimate of drug-likeness (QED) is 0.186. The molecule has 0 atom stereocenters. The Balaban J connectivity index is 1.11. The summed E-state index contributed by atoms with van der Waals surface area (Å²) >= 11 is 0. The van der Waals surface area contributed by atoms with Gasteiger partial charge in [-0.25, -0.2) is 4.98 Å². The average molecular weight is 683 g/mol. The van der Waals surface area contributed by atoms with Crippen LogP contribution in [0.3, 0.4) is 0 Å². The lowest BCUT2D eigenvalue weighted by Gasteiger charge is -2.61. The molecule has 2 aromatic heterocycles. The molecule has 13 rings (SSSR count). The third kappa shape index (κ3) is 4.21. The zero-order chi connectivity index (χ0) is 34.7. The van der Waals surface area contributed by atoms with Crippen molar-refractivity contribution in [1.29, 1.82) is 0 Å². The summed E-state index contributed by atoms with van der Waals surface area (Å²) in [5.74, 6) is 5.20. The minimum atomic E-state index is 0.0782. The van der Waals surface area contributed by atoms with Gasteiger partial charge in [0.05, 0.1) is 11.0 Å². The summed E-state index contributed by atoms with van der Waals surface area (Å²) in [6, 6.07) is 52.8. The number of benzene rings is 6. The summed E-state index contributed by atoms with van der Waals surface area (Å²) in [7, 11) is 0. The van der Waals surface area contributed by atoms with E-state index in [-0.39, 0.29) is 5.41 Å². The molecule has 4 saturated carbocycles. The molecular weight excluding hydrogens is 645 g/mol. The molecule has 53 heavy (non-hydrogen) atoms. The third-order valence-electron chi connectivity index (χ3n) is 13.5. The van der Waals surface area contributed by atoms with Gasteiger partial charge in [-0.3, -0.25) is 4.57 Å². The summed E-state index contributed by atoms with van der Waals surface area (Å²) in [5, 5.41) is 2.48. The number of hydrogen-bond donors (Lipinski definition) is 0. The molecule has 254 valence electrons. The molecule has 4 heteroatoms. The molecule has 0 N–H and O–H groups in total. The van der Waals surface area contributed by atoms with Crippen LogP contribution in [0.25, 0.3) is 72.8 Å². The Kier molecular flexibility index (Phi) is 6.20. The largest absolute Gasteiger partial charge is 0.278 e. The molecule has 0 amide bonds. The highest BCUT2D eigenvalue weighted by Crippen LogP contribution is 2.69. The van der Waals surface area contributed by atoms with Crippen molar-refractivity contribution in [2.75, 3.05) is 0 Å². The van der Waals surface area contributed by atoms with Crippen molar-refractivity contribution in [3.05, 3.63) is 157 Å². The second-order valence-corrected chi connectivity index (χ2v) is 16.1. The molecule has 2 heterocycles. The van der Waals surface area contributed by atoms with Gasteiger partial charge in [-0.15, -0.1) is 0 Å². The maximum Gasteiger partial charge on any atom is 0.238 e. The van der Waals surface area contributed by atoms with E-state index < -0.39 is 0 Å². The van der Waals surface area contributed by atoms with Gasteiger partial charge in [0, 0.05) is 27.3 Å². The SMILES string of the molecule is c1ccc(-c2ccc(-c3nc(-c4ccccc4)nc(-n4c5ccccc5c5cc6c(cc54)C4(c5ccccc5-6)C5CC6CC(C5)CC4C6)n3)cc2)cc1. The molecule has 5 aliphatic carbocycles. The summed E-state index contributed by atoms with van der Waals surface area (Å²) < 4.78 is 2.33. The van der Waals surface area contributed by atoms with Crippen LogP contribution in [0.4, 0.5) is 0 Å². The fraction of sp³-hybridized carbons (Fsp3) is 0.204. The third-order valence-corrected chi connectivity index (χ3v) is 13.5. The van der Waals surface area contributed by atoms with E-state index in [0.717, 1.165) is 28.5 Å². The molecule has 4 fully saturated rings. The smallest absolute Gasteiger partial charge is 0.238 e. The van der Waals surface area contributed by atoms with E-state index >= 15 is 0 Å². The fourth-order valence-corrected chi connectivity index (χ4v) is 11.6. The number of nitrogens with zero attached hydrogens (tertiary/aromatic N) is 4. The fourth-order valence-electron chi connectivity index (χ4n) is 11.6. The number of hydrogen-bond acceptors (Lipinski definition) is 3. The lowest BCUT2D eigenvalue weighted by atomic mass is 9.43. The molecule has 6 aromatic carbocycles. The van der Waals surface area contributed by atoms with Crippen LogP contribution in [0, 0.1) is 23.7 Å². The van der Waals surface area contributed by atoms with Gasteiger partial charge >= 0.3 is 0 Å². The lowest BCUT2D eigenvalue weighted by molar-refractivity contribution is -0.0399. The molecule has 0 unspecified atom stereocenters. The van der Waals surface area contributed by atoms with E-state index in [9.17, 15) is 0 Å². The normalized spacial score (nSPS) is 23.5. The molecule has 5 aliphatic rings. The highest BCUT2D eigenvalue weighted by Gasteiger charge is 2.61. The number of para-hydroxylation sites is 1. The molecule has 4 bridgehead atoms. The minimum Gasteiger partial charge on any atom is -0.278 e. The van der Waals surface area contributed by atoms with E-state index in [4.69, 9.17) is 15.0 Å². The molecule has 0 aliphatic heterocycles. The van der Waals surface area contributed by atoms with Crippen LogP contribution in [0.5, 0.6) is 0 Å². The van der Waals surface area contributed by atoms with Crippen LogP contribution < -0.4 is 0 Å². The first-order valence-corrected chi connectivity index (χ1v) is 19.4. The van der Waals surface area contributed by atoms with E-state index in [1.54, 1.807) is 5.56 Å². The maximum absolute atomic E-state index is 5.33. The van der Waals surface area contributed by atoms with Gasteiger partial charge in [0.25, 0.3) is 0 Å². The Hall–Kier alpha value is -5.87. The van der Waals surface area contributed by atoms with Crippen LogP contribution in [0.1, 0.15) is 43.2 Å². The van der Waals surface area contributed by atoms with Crippen molar-refractivity contribution >= 4 is 21.8 Å². The Morgan fingerprint density at radius 2 is 1.00 bits per heavy atom. The monoisotopic (exact) mass is 682 g/mol. The van der Waals surface area contributed by atoms with Crippen molar-refractivity contribution in [2.45, 2.75) is 37.5 Å². The van der Waals surface area contributed by atoms with Crippen LogP contribution >= 0.6 is 0 Å². The van der Waals surface area contributed by atoms with Crippen LogP contribution in [0.2, 0.25) is 0 Å². The topological polar surface area (TPSA) is 43.6 Å². The van der Waals surface area contributed by atoms with Gasteiger partial charge in [-0.2, -0.15) is 9.97 Å². The summed E-state index contributed by atoms with van der Waals surface area (Å²) in [6.07, 6.45) is 6.90. The second kappa shape index (κ2) is 11.1. The maximum atomic E-state index is 5.33. The summed E-state index contributed by atoms with van der Waals surface area (Å²) in [4.78, 5) is 15.7. The Morgan fingerprint density at radius 1 is 0.434 bits per heavy atom. The van der Waals surface area contributed by atoms with Gasteiger partial charge in [-0.05, 0) is 107 Å². The first-order chi connectivity index (χ1) is 26.2. The molecule has 4 nitrogen and oxygen atoms in total. The Labute approximate surface area is 309 Å². The van der Waals surface area contributed by atoms with Crippen molar-refractivity contribution in [2.24, 2.45) is 23.7 Å². The van der Waals surface area contributed by atoms with Crippen LogP contribution in [-0.4, -0.2) is 19.5 Å². The van der Waals surface area contributed by atoms with Crippen molar-refractivity contribution < 1.29 is 0 Å². The molecular formula is C49H38N4. The summed E-state index contributed by atoms with van der Waals surface area (Å²) in [5.41, 5.74) is 12.7. The lowest BCUT2D eigenvalue weighted by Crippen LogP contribution is -2.55. The number of rotatable bonds is 4. The first-order valence-electron chi connectivity index (χ1n) is 19.4. The zero-order valence-corrected chi connectivity index (χ0v) is 29.5. The highest BCUT2D eigenvalue weighted by molar-refractivity contribution is 6.11. The standard InChI is InChI=1S/C49H38N4/c1-3-11-32(12-4-1)33-19-21-35(22-20-33)47-50-46(34-13-5-2-6-14-34)51-48(52-47)53-44-18-10-8-16-39(44)41-28-40-38-15-7-9-17-42(38)49(43(40)29-45(41)53)36-24-30-23-31(26-36)27-37(49)25-30/h1-22,28-31,36-37H,23-27H2. The predicted octanol–water partition coefficient (Wildman–Crippen LogP) is 11.7. The van der Waals surface area contributed by atoms with Gasteiger partial charge in [-0.1, -0.05) is 127 Å². The first kappa shape index (κ1) is 29.7. The van der Waals surface area contributed by atoms with Gasteiger partial charge in [0.15, 0.2) is 11.6 Å². The van der Waals surface area contributed by atoms with Crippen molar-refractivity contribution in [3.63, 3.8) is 0 Å². The highest BCUT2D eigenvalue weighted by atomic mass is 15.2. The number of aromatic nitrogens is 4. The number of fused-ring (bicyclic) bond motifs is 6. The van der Waals surface area contributed by atoms with Gasteiger partial charge in [0.2, 0.25) is 5.95 Å². The van der Waals surface area contributed by atoms with E-state index in [2.05, 4.69) is 144 Å². The van der Waals surface area contributed by atoms with Crippen molar-refractivity contribution in [1.82, 2.24) is 19.5 Å². The molecule has 0 radical (unpaired) electrons. The average Bonchev–Trinajstić information content (AvgIpc) is 3.69. The molecule has 0 saturated heterocycles. The molecule has 8 aromatic rings.